The zero-order chi connectivity index (χ0) is 23.1. The second kappa shape index (κ2) is 8.11. The van der Waals surface area contributed by atoms with E-state index < -0.39 is 17.7 Å². The van der Waals surface area contributed by atoms with E-state index in [1.54, 1.807) is 42.5 Å². The number of hydrogen-bond donors (Lipinski definition) is 2. The van der Waals surface area contributed by atoms with Gasteiger partial charge >= 0.3 is 0 Å². The highest BCUT2D eigenvalue weighted by molar-refractivity contribution is 6.52. The number of fused-ring (bicyclic) bond motifs is 1. The van der Waals surface area contributed by atoms with Crippen LogP contribution in [0.25, 0.3) is 16.5 Å². The summed E-state index contributed by atoms with van der Waals surface area (Å²) in [6.45, 7) is 0. The highest BCUT2D eigenvalue weighted by atomic mass is 35.5. The first-order chi connectivity index (χ1) is 16.0. The molecule has 162 valence electrons. The molecule has 5 rings (SSSR count). The van der Waals surface area contributed by atoms with Crippen molar-refractivity contribution >= 4 is 45.5 Å². The molecule has 0 bridgehead atoms. The highest BCUT2D eigenvalue weighted by Gasteiger charge is 2.47. The molecule has 5 nitrogen and oxygen atoms in total. The van der Waals surface area contributed by atoms with Crippen LogP contribution < -0.4 is 4.90 Å². The summed E-state index contributed by atoms with van der Waals surface area (Å²) in [6, 6.07) is 25.2. The Hall–Kier alpha value is -4.09. The molecular weight excluding hydrogens is 438 g/mol. The van der Waals surface area contributed by atoms with Gasteiger partial charge in [0.25, 0.3) is 11.7 Å². The number of Topliss-reactive ketones (excluding diaryl/α,β-unsaturated/α-hetero) is 1. The first-order valence-corrected chi connectivity index (χ1v) is 10.7. The van der Waals surface area contributed by atoms with Crippen molar-refractivity contribution in [1.29, 1.82) is 0 Å². The molecule has 1 amide bonds. The largest absolute Gasteiger partial charge is 0.507 e. The van der Waals surface area contributed by atoms with Crippen molar-refractivity contribution in [3.05, 3.63) is 113 Å². The molecule has 1 saturated heterocycles. The van der Waals surface area contributed by atoms with Crippen LogP contribution in [0.2, 0.25) is 5.02 Å². The number of benzene rings is 4. The van der Waals surface area contributed by atoms with Gasteiger partial charge in [-0.15, -0.1) is 0 Å². The summed E-state index contributed by atoms with van der Waals surface area (Å²) in [7, 11) is 0. The molecule has 4 aromatic rings. The van der Waals surface area contributed by atoms with Crippen LogP contribution in [0.3, 0.4) is 0 Å². The quantitative estimate of drug-likeness (QED) is 0.231. The van der Waals surface area contributed by atoms with E-state index >= 15 is 0 Å². The number of phenolic OH excluding ortho intramolecular Hbond substituents is 1. The smallest absolute Gasteiger partial charge is 0.300 e. The molecule has 0 aromatic heterocycles. The van der Waals surface area contributed by atoms with E-state index in [1.807, 2.05) is 36.4 Å². The summed E-state index contributed by atoms with van der Waals surface area (Å²) in [5.74, 6) is -1.93. The number of aromatic hydroxyl groups is 1. The van der Waals surface area contributed by atoms with Crippen LogP contribution in [-0.2, 0) is 9.59 Å². The molecule has 1 aliphatic rings. The number of nitrogens with zero attached hydrogens (tertiary/aromatic N) is 1. The number of phenols is 1. The van der Waals surface area contributed by atoms with Crippen LogP contribution in [0, 0.1) is 0 Å². The minimum atomic E-state index is -0.926. The van der Waals surface area contributed by atoms with Gasteiger partial charge in [-0.25, -0.2) is 0 Å². The number of amides is 1. The van der Waals surface area contributed by atoms with E-state index in [0.717, 1.165) is 10.8 Å². The number of ketones is 1. The van der Waals surface area contributed by atoms with Gasteiger partial charge in [0.15, 0.2) is 0 Å². The van der Waals surface area contributed by atoms with Gasteiger partial charge in [-0.1, -0.05) is 78.3 Å². The van der Waals surface area contributed by atoms with Gasteiger partial charge in [0, 0.05) is 11.3 Å². The fourth-order valence-corrected chi connectivity index (χ4v) is 4.46. The summed E-state index contributed by atoms with van der Waals surface area (Å²) < 4.78 is 0. The van der Waals surface area contributed by atoms with Crippen LogP contribution in [0.4, 0.5) is 5.69 Å². The molecule has 33 heavy (non-hydrogen) atoms. The zero-order valence-electron chi connectivity index (χ0n) is 17.3. The summed E-state index contributed by atoms with van der Waals surface area (Å²) in [5.41, 5.74) is 1.41. The second-order valence-corrected chi connectivity index (χ2v) is 8.15. The van der Waals surface area contributed by atoms with Crippen molar-refractivity contribution in [2.45, 2.75) is 6.04 Å². The Labute approximate surface area is 194 Å². The molecule has 0 spiro atoms. The van der Waals surface area contributed by atoms with Crippen LogP contribution in [0.5, 0.6) is 5.75 Å². The van der Waals surface area contributed by atoms with Crippen molar-refractivity contribution in [1.82, 2.24) is 0 Å². The Kier molecular flexibility index (Phi) is 5.11. The monoisotopic (exact) mass is 455 g/mol. The van der Waals surface area contributed by atoms with Crippen molar-refractivity contribution in [2.24, 2.45) is 0 Å². The normalized spacial score (nSPS) is 17.6. The van der Waals surface area contributed by atoms with Crippen molar-refractivity contribution < 1.29 is 19.8 Å². The minimum Gasteiger partial charge on any atom is -0.507 e. The van der Waals surface area contributed by atoms with Crippen molar-refractivity contribution in [2.75, 3.05) is 4.90 Å². The van der Waals surface area contributed by atoms with Gasteiger partial charge in [-0.05, 0) is 40.6 Å². The average Bonchev–Trinajstić information content (AvgIpc) is 3.11. The summed E-state index contributed by atoms with van der Waals surface area (Å²) in [6.07, 6.45) is 0. The van der Waals surface area contributed by atoms with Gasteiger partial charge in [-0.2, -0.15) is 0 Å². The molecule has 1 atom stereocenters. The number of para-hydroxylation sites is 1. The molecule has 0 radical (unpaired) electrons. The van der Waals surface area contributed by atoms with Gasteiger partial charge < -0.3 is 10.2 Å². The number of carbonyl (C=O) groups is 2. The molecule has 1 heterocycles. The molecule has 1 fully saturated rings. The predicted molar refractivity (Wildman–Crippen MR) is 128 cm³/mol. The number of rotatable bonds is 3. The fraction of sp³-hybridized carbons (Fsp3) is 0.0370. The third kappa shape index (κ3) is 3.43. The lowest BCUT2D eigenvalue weighted by atomic mass is 9.93. The Bertz CT molecular complexity index is 1440. The summed E-state index contributed by atoms with van der Waals surface area (Å²) >= 11 is 6.16. The average molecular weight is 456 g/mol. The molecule has 2 N–H and O–H groups in total. The summed E-state index contributed by atoms with van der Waals surface area (Å²) in [5, 5.41) is 23.1. The first-order valence-electron chi connectivity index (χ1n) is 10.3. The molecular formula is C27H18ClNO4. The molecule has 6 heteroatoms. The van der Waals surface area contributed by atoms with E-state index in [9.17, 15) is 19.8 Å². The standard InChI is InChI=1S/C27H18ClNO4/c28-21-15-17(13-14-22(21)30)24-23(26(32)27(33)29(24)18-9-2-1-3-10-18)25(31)20-12-6-8-16-7-4-5-11-19(16)20/h1-15,24,30-31H/b25-23-. The third-order valence-electron chi connectivity index (χ3n) is 5.81. The molecule has 0 aliphatic carbocycles. The maximum atomic E-state index is 13.3. The molecule has 1 aliphatic heterocycles. The second-order valence-electron chi connectivity index (χ2n) is 7.74. The number of carbonyl (C=O) groups excluding carboxylic acids is 2. The maximum Gasteiger partial charge on any atom is 0.300 e. The Balaban J connectivity index is 1.79. The van der Waals surface area contributed by atoms with Crippen LogP contribution in [0.1, 0.15) is 17.2 Å². The van der Waals surface area contributed by atoms with Crippen LogP contribution >= 0.6 is 11.6 Å². The van der Waals surface area contributed by atoms with Gasteiger partial charge in [-0.3, -0.25) is 14.5 Å². The Morgan fingerprint density at radius 1 is 0.848 bits per heavy atom. The number of aliphatic hydroxyl groups is 1. The number of hydrogen-bond acceptors (Lipinski definition) is 4. The highest BCUT2D eigenvalue weighted by Crippen LogP contribution is 2.44. The topological polar surface area (TPSA) is 77.8 Å². The Morgan fingerprint density at radius 2 is 1.55 bits per heavy atom. The Morgan fingerprint density at radius 3 is 2.30 bits per heavy atom. The van der Waals surface area contributed by atoms with Gasteiger partial charge in [0.2, 0.25) is 0 Å². The lowest BCUT2D eigenvalue weighted by Crippen LogP contribution is -2.29. The van der Waals surface area contributed by atoms with E-state index in [2.05, 4.69) is 0 Å². The lowest BCUT2D eigenvalue weighted by molar-refractivity contribution is -0.132. The van der Waals surface area contributed by atoms with Crippen LogP contribution in [-0.4, -0.2) is 21.9 Å². The minimum absolute atomic E-state index is 0.0398. The van der Waals surface area contributed by atoms with E-state index in [-0.39, 0.29) is 22.1 Å². The third-order valence-corrected chi connectivity index (χ3v) is 6.11. The fourth-order valence-electron chi connectivity index (χ4n) is 4.27. The van der Waals surface area contributed by atoms with Crippen molar-refractivity contribution in [3.63, 3.8) is 0 Å². The SMILES string of the molecule is O=C1C(=O)N(c2ccccc2)C(c2ccc(O)c(Cl)c2)/C1=C(/O)c1cccc2ccccc12. The van der Waals surface area contributed by atoms with Crippen molar-refractivity contribution in [3.8, 4) is 5.75 Å². The van der Waals surface area contributed by atoms with Crippen LogP contribution in [0.15, 0.2) is 96.6 Å². The maximum absolute atomic E-state index is 13.3. The predicted octanol–water partition coefficient (Wildman–Crippen LogP) is 5.83. The molecule has 1 unspecified atom stereocenters. The number of aliphatic hydroxyl groups excluding tert-OH is 1. The molecule has 4 aromatic carbocycles. The number of anilines is 1. The van der Waals surface area contributed by atoms with Gasteiger partial charge in [0.05, 0.1) is 16.6 Å². The number of halogens is 1. The van der Waals surface area contributed by atoms with E-state index in [4.69, 9.17) is 11.6 Å². The van der Waals surface area contributed by atoms with E-state index in [1.165, 1.54) is 17.0 Å². The summed E-state index contributed by atoms with van der Waals surface area (Å²) in [4.78, 5) is 27.8. The first kappa shape index (κ1) is 20.8. The molecule has 0 saturated carbocycles. The van der Waals surface area contributed by atoms with E-state index in [0.29, 0.717) is 16.8 Å². The van der Waals surface area contributed by atoms with Gasteiger partial charge in [0.1, 0.15) is 11.5 Å². The lowest BCUT2D eigenvalue weighted by Gasteiger charge is -2.25. The zero-order valence-corrected chi connectivity index (χ0v) is 18.0.